The highest BCUT2D eigenvalue weighted by molar-refractivity contribution is 5.91. The van der Waals surface area contributed by atoms with Gasteiger partial charge in [-0.25, -0.2) is 4.98 Å². The third-order valence-corrected chi connectivity index (χ3v) is 4.58. The third-order valence-electron chi connectivity index (χ3n) is 4.58. The summed E-state index contributed by atoms with van der Waals surface area (Å²) in [4.78, 5) is 30.6. The third kappa shape index (κ3) is 2.36. The van der Waals surface area contributed by atoms with Gasteiger partial charge in [0.1, 0.15) is 11.2 Å². The van der Waals surface area contributed by atoms with Crippen LogP contribution in [0.1, 0.15) is 11.4 Å². The van der Waals surface area contributed by atoms with Gasteiger partial charge >= 0.3 is 0 Å². The quantitative estimate of drug-likeness (QED) is 0.531. The lowest BCUT2D eigenvalue weighted by Crippen LogP contribution is -2.29. The fourth-order valence-corrected chi connectivity index (χ4v) is 3.25. The lowest BCUT2D eigenvalue weighted by atomic mass is 10.1. The molecule has 0 saturated heterocycles. The van der Waals surface area contributed by atoms with E-state index in [1.165, 1.54) is 0 Å². The summed E-state index contributed by atoms with van der Waals surface area (Å²) in [7, 11) is 1.83. The van der Waals surface area contributed by atoms with Crippen molar-refractivity contribution in [1.29, 1.82) is 0 Å². The van der Waals surface area contributed by atoms with Crippen molar-refractivity contribution in [2.24, 2.45) is 7.05 Å². The number of rotatable bonds is 2. The Hall–Kier alpha value is -3.21. The second-order valence-corrected chi connectivity index (χ2v) is 6.14. The van der Waals surface area contributed by atoms with E-state index in [2.05, 4.69) is 4.98 Å². The predicted molar refractivity (Wildman–Crippen MR) is 99.0 cm³/mol. The summed E-state index contributed by atoms with van der Waals surface area (Å²) >= 11 is 0. The van der Waals surface area contributed by atoms with Crippen molar-refractivity contribution in [3.05, 3.63) is 86.6 Å². The molecule has 2 aromatic heterocycles. The van der Waals surface area contributed by atoms with Crippen LogP contribution in [0, 0.1) is 6.92 Å². The van der Waals surface area contributed by atoms with E-state index in [0.29, 0.717) is 23.4 Å². The van der Waals surface area contributed by atoms with E-state index in [4.69, 9.17) is 0 Å². The zero-order valence-corrected chi connectivity index (χ0v) is 14.1. The molecule has 0 unspecified atom stereocenters. The Bertz CT molecular complexity index is 1220. The minimum Gasteiger partial charge on any atom is -0.328 e. The van der Waals surface area contributed by atoms with Crippen LogP contribution in [0.25, 0.3) is 21.9 Å². The molecule has 0 amide bonds. The highest BCUT2D eigenvalue weighted by atomic mass is 16.1. The summed E-state index contributed by atoms with van der Waals surface area (Å²) in [6.45, 7) is 2.19. The first kappa shape index (κ1) is 15.3. The van der Waals surface area contributed by atoms with Crippen molar-refractivity contribution in [3.8, 4) is 0 Å². The molecular formula is C20H17N3O2. The zero-order valence-electron chi connectivity index (χ0n) is 14.1. The van der Waals surface area contributed by atoms with Gasteiger partial charge < -0.3 is 4.57 Å². The average Bonchev–Trinajstić information content (AvgIpc) is 2.63. The van der Waals surface area contributed by atoms with Crippen LogP contribution < -0.4 is 11.0 Å². The molecule has 5 nitrogen and oxygen atoms in total. The number of nitrogens with zero attached hydrogens (tertiary/aromatic N) is 3. The van der Waals surface area contributed by atoms with E-state index in [0.717, 1.165) is 11.1 Å². The molecule has 25 heavy (non-hydrogen) atoms. The van der Waals surface area contributed by atoms with Crippen molar-refractivity contribution in [2.45, 2.75) is 13.5 Å². The molecule has 0 fully saturated rings. The van der Waals surface area contributed by atoms with Gasteiger partial charge in [-0.15, -0.1) is 0 Å². The van der Waals surface area contributed by atoms with E-state index in [1.807, 2.05) is 54.1 Å². The smallest absolute Gasteiger partial charge is 0.267 e. The Morgan fingerprint density at radius 1 is 0.960 bits per heavy atom. The summed E-state index contributed by atoms with van der Waals surface area (Å²) in [5, 5.41) is 0.675. The fourth-order valence-electron chi connectivity index (χ4n) is 3.25. The molecule has 2 heterocycles. The van der Waals surface area contributed by atoms with Crippen LogP contribution in [-0.2, 0) is 13.6 Å². The second kappa shape index (κ2) is 5.70. The van der Waals surface area contributed by atoms with Crippen molar-refractivity contribution in [1.82, 2.24) is 14.1 Å². The number of para-hydroxylation sites is 1. The van der Waals surface area contributed by atoms with E-state index < -0.39 is 0 Å². The molecule has 0 spiro atoms. The molecular weight excluding hydrogens is 314 g/mol. The minimum atomic E-state index is -0.294. The maximum absolute atomic E-state index is 13.1. The topological polar surface area (TPSA) is 56.9 Å². The number of aryl methyl sites for hydroxylation is 2. The van der Waals surface area contributed by atoms with Gasteiger partial charge in [-0.1, -0.05) is 42.5 Å². The number of benzene rings is 2. The van der Waals surface area contributed by atoms with Crippen LogP contribution in [0.5, 0.6) is 0 Å². The average molecular weight is 331 g/mol. The van der Waals surface area contributed by atoms with Gasteiger partial charge in [-0.2, -0.15) is 0 Å². The Morgan fingerprint density at radius 3 is 2.40 bits per heavy atom. The monoisotopic (exact) mass is 331 g/mol. The molecule has 0 aliphatic heterocycles. The van der Waals surface area contributed by atoms with Gasteiger partial charge in [0.2, 0.25) is 5.43 Å². The summed E-state index contributed by atoms with van der Waals surface area (Å²) in [5.41, 5.74) is 1.63. The Morgan fingerprint density at radius 2 is 1.64 bits per heavy atom. The normalized spacial score (nSPS) is 11.3. The zero-order chi connectivity index (χ0) is 17.6. The largest absolute Gasteiger partial charge is 0.328 e. The van der Waals surface area contributed by atoms with Crippen molar-refractivity contribution >= 4 is 21.9 Å². The van der Waals surface area contributed by atoms with Gasteiger partial charge in [0.05, 0.1) is 12.1 Å². The molecule has 2 aromatic carbocycles. The lowest BCUT2D eigenvalue weighted by Gasteiger charge is -2.14. The van der Waals surface area contributed by atoms with Gasteiger partial charge in [0, 0.05) is 12.4 Å². The highest BCUT2D eigenvalue weighted by Gasteiger charge is 2.16. The van der Waals surface area contributed by atoms with Gasteiger partial charge in [0.15, 0.2) is 5.65 Å². The Labute approximate surface area is 143 Å². The molecule has 4 aromatic rings. The standard InChI is InChI=1S/C20H17N3O2/c1-13-21-19-17(18(24)15-10-6-7-11-16(15)22(19)2)20(25)23(13)12-14-8-4-3-5-9-14/h3-11H,12H2,1-2H3. The number of fused-ring (bicyclic) bond motifs is 2. The molecule has 0 radical (unpaired) electrons. The second-order valence-electron chi connectivity index (χ2n) is 6.14. The van der Waals surface area contributed by atoms with Crippen LogP contribution in [0.3, 0.4) is 0 Å². The molecule has 124 valence electrons. The first-order valence-corrected chi connectivity index (χ1v) is 8.10. The van der Waals surface area contributed by atoms with Gasteiger partial charge in [-0.3, -0.25) is 14.2 Å². The van der Waals surface area contributed by atoms with Crippen LogP contribution in [-0.4, -0.2) is 14.1 Å². The van der Waals surface area contributed by atoms with Crippen molar-refractivity contribution in [2.75, 3.05) is 0 Å². The van der Waals surface area contributed by atoms with Crippen LogP contribution in [0.15, 0.2) is 64.2 Å². The predicted octanol–water partition coefficient (Wildman–Crippen LogP) is 2.61. The summed E-state index contributed by atoms with van der Waals surface area (Å²) in [6, 6.07) is 17.0. The fraction of sp³-hybridized carbons (Fsp3) is 0.150. The molecule has 0 bridgehead atoms. The minimum absolute atomic E-state index is 0.141. The van der Waals surface area contributed by atoms with Gasteiger partial charge in [0.25, 0.3) is 5.56 Å². The van der Waals surface area contributed by atoms with Crippen molar-refractivity contribution in [3.63, 3.8) is 0 Å². The molecule has 5 heteroatoms. The Balaban J connectivity index is 2.08. The maximum Gasteiger partial charge on any atom is 0.267 e. The number of pyridine rings is 1. The van der Waals surface area contributed by atoms with Crippen molar-refractivity contribution < 1.29 is 0 Å². The summed E-state index contributed by atoms with van der Waals surface area (Å²) in [6.07, 6.45) is 0. The molecule has 0 atom stereocenters. The molecule has 0 saturated carbocycles. The molecule has 4 rings (SSSR count). The van der Waals surface area contributed by atoms with E-state index in [-0.39, 0.29) is 16.4 Å². The number of aromatic nitrogens is 3. The summed E-state index contributed by atoms with van der Waals surface area (Å²) in [5.74, 6) is 0.589. The highest BCUT2D eigenvalue weighted by Crippen LogP contribution is 2.15. The van der Waals surface area contributed by atoms with Gasteiger partial charge in [-0.05, 0) is 24.6 Å². The van der Waals surface area contributed by atoms with E-state index in [1.54, 1.807) is 23.6 Å². The SMILES string of the molecule is Cc1nc2c(c(=O)c3ccccc3n2C)c(=O)n1Cc1ccccc1. The Kier molecular flexibility index (Phi) is 3.50. The van der Waals surface area contributed by atoms with E-state index >= 15 is 0 Å². The first-order chi connectivity index (χ1) is 12.1. The number of hydrogen-bond donors (Lipinski definition) is 0. The van der Waals surface area contributed by atoms with Crippen LogP contribution in [0.4, 0.5) is 0 Å². The molecule has 0 aliphatic rings. The lowest BCUT2D eigenvalue weighted by molar-refractivity contribution is 0.707. The van der Waals surface area contributed by atoms with E-state index in [9.17, 15) is 9.59 Å². The molecule has 0 N–H and O–H groups in total. The van der Waals surface area contributed by atoms with Crippen LogP contribution in [0.2, 0.25) is 0 Å². The maximum atomic E-state index is 13.1. The molecule has 0 aliphatic carbocycles. The van der Waals surface area contributed by atoms with Crippen LogP contribution >= 0.6 is 0 Å². The first-order valence-electron chi connectivity index (χ1n) is 8.10. The summed E-state index contributed by atoms with van der Waals surface area (Å²) < 4.78 is 3.38. The number of hydrogen-bond acceptors (Lipinski definition) is 3.